The van der Waals surface area contributed by atoms with Crippen molar-refractivity contribution in [3.05, 3.63) is 62.7 Å². The van der Waals surface area contributed by atoms with Crippen LogP contribution in [0.3, 0.4) is 0 Å². The van der Waals surface area contributed by atoms with Gasteiger partial charge in [-0.2, -0.15) is 5.26 Å². The van der Waals surface area contributed by atoms with Crippen LogP contribution < -0.4 is 5.32 Å². The van der Waals surface area contributed by atoms with E-state index in [-0.39, 0.29) is 11.3 Å². The third-order valence-electron chi connectivity index (χ3n) is 2.79. The van der Waals surface area contributed by atoms with Crippen molar-refractivity contribution >= 4 is 28.7 Å². The van der Waals surface area contributed by atoms with E-state index in [1.807, 2.05) is 19.1 Å². The van der Waals surface area contributed by atoms with Crippen LogP contribution in [-0.2, 0) is 0 Å². The van der Waals surface area contributed by atoms with Crippen LogP contribution in [0.2, 0.25) is 5.02 Å². The van der Waals surface area contributed by atoms with E-state index in [1.54, 1.807) is 18.2 Å². The molecule has 1 N–H and O–H groups in total. The van der Waals surface area contributed by atoms with Crippen molar-refractivity contribution in [2.24, 2.45) is 0 Å². The van der Waals surface area contributed by atoms with E-state index in [1.165, 1.54) is 12.1 Å². The maximum atomic E-state index is 10.8. The van der Waals surface area contributed by atoms with Gasteiger partial charge in [-0.05, 0) is 36.8 Å². The van der Waals surface area contributed by atoms with Gasteiger partial charge in [0.25, 0.3) is 5.69 Å². The third kappa shape index (κ3) is 2.87. The van der Waals surface area contributed by atoms with Crippen LogP contribution in [0.25, 0.3) is 0 Å². The summed E-state index contributed by atoms with van der Waals surface area (Å²) in [7, 11) is 0. The zero-order valence-electron chi connectivity index (χ0n) is 10.6. The first-order chi connectivity index (χ1) is 9.51. The molecule has 2 aromatic carbocycles. The molecule has 0 spiro atoms. The largest absolute Gasteiger partial charge is 0.355 e. The zero-order valence-corrected chi connectivity index (χ0v) is 11.3. The average molecular weight is 288 g/mol. The lowest BCUT2D eigenvalue weighted by atomic mass is 10.1. The fraction of sp³-hybridized carbons (Fsp3) is 0.0714. The first kappa shape index (κ1) is 13.8. The summed E-state index contributed by atoms with van der Waals surface area (Å²) in [5.74, 6) is 0. The molecule has 100 valence electrons. The second kappa shape index (κ2) is 5.59. The van der Waals surface area contributed by atoms with Gasteiger partial charge < -0.3 is 5.32 Å². The molecule has 0 unspecified atom stereocenters. The smallest absolute Gasteiger partial charge is 0.287 e. The molecule has 6 heteroatoms. The van der Waals surface area contributed by atoms with Crippen molar-refractivity contribution in [2.45, 2.75) is 6.92 Å². The SMILES string of the molecule is Cc1ccc(Cl)cc1Nc1ccc([N+](=O)[O-])c(C#N)c1. The second-order valence-corrected chi connectivity index (χ2v) is 4.62. The summed E-state index contributed by atoms with van der Waals surface area (Å²) in [6.45, 7) is 1.91. The summed E-state index contributed by atoms with van der Waals surface area (Å²) in [6, 6.07) is 11.5. The molecule has 0 aliphatic carbocycles. The maximum absolute atomic E-state index is 10.8. The van der Waals surface area contributed by atoms with E-state index >= 15 is 0 Å². The van der Waals surface area contributed by atoms with Crippen molar-refractivity contribution in [1.29, 1.82) is 5.26 Å². The molecule has 0 atom stereocenters. The highest BCUT2D eigenvalue weighted by Gasteiger charge is 2.14. The molecule has 20 heavy (non-hydrogen) atoms. The van der Waals surface area contributed by atoms with Crippen molar-refractivity contribution in [2.75, 3.05) is 5.32 Å². The Kier molecular flexibility index (Phi) is 3.87. The fourth-order valence-corrected chi connectivity index (χ4v) is 1.92. The monoisotopic (exact) mass is 287 g/mol. The summed E-state index contributed by atoms with van der Waals surface area (Å²) >= 11 is 5.93. The van der Waals surface area contributed by atoms with Gasteiger partial charge in [0.05, 0.1) is 4.92 Å². The Balaban J connectivity index is 2.38. The number of nitrogens with one attached hydrogen (secondary N) is 1. The van der Waals surface area contributed by atoms with Crippen LogP contribution in [0.4, 0.5) is 17.1 Å². The quantitative estimate of drug-likeness (QED) is 0.678. The first-order valence-electron chi connectivity index (χ1n) is 5.73. The highest BCUT2D eigenvalue weighted by Crippen LogP contribution is 2.27. The normalized spacial score (nSPS) is 9.85. The highest BCUT2D eigenvalue weighted by molar-refractivity contribution is 6.30. The van der Waals surface area contributed by atoms with Crippen molar-refractivity contribution in [3.8, 4) is 6.07 Å². The number of nitriles is 1. The molecule has 0 aliphatic heterocycles. The molecule has 0 bridgehead atoms. The van der Waals surface area contributed by atoms with Gasteiger partial charge in [-0.15, -0.1) is 0 Å². The summed E-state index contributed by atoms with van der Waals surface area (Å²) in [4.78, 5) is 10.2. The molecule has 5 nitrogen and oxygen atoms in total. The minimum Gasteiger partial charge on any atom is -0.355 e. The summed E-state index contributed by atoms with van der Waals surface area (Å²) < 4.78 is 0. The summed E-state index contributed by atoms with van der Waals surface area (Å²) in [5.41, 5.74) is 2.17. The van der Waals surface area contributed by atoms with Gasteiger partial charge in [0.1, 0.15) is 11.6 Å². The number of halogens is 1. The molecular formula is C14H10ClN3O2. The van der Waals surface area contributed by atoms with Gasteiger partial charge in [0.2, 0.25) is 0 Å². The number of anilines is 2. The van der Waals surface area contributed by atoms with E-state index in [0.717, 1.165) is 11.3 Å². The zero-order chi connectivity index (χ0) is 14.7. The predicted molar refractivity (Wildman–Crippen MR) is 77.3 cm³/mol. The number of nitro groups is 1. The van der Waals surface area contributed by atoms with E-state index in [9.17, 15) is 10.1 Å². The Morgan fingerprint density at radius 1 is 1.30 bits per heavy atom. The Morgan fingerprint density at radius 3 is 2.70 bits per heavy atom. The lowest BCUT2D eigenvalue weighted by Gasteiger charge is -2.10. The van der Waals surface area contributed by atoms with Crippen molar-refractivity contribution in [1.82, 2.24) is 0 Å². The fourth-order valence-electron chi connectivity index (χ4n) is 1.75. The Hall–Kier alpha value is -2.58. The maximum Gasteiger partial charge on any atom is 0.287 e. The van der Waals surface area contributed by atoms with E-state index in [4.69, 9.17) is 16.9 Å². The van der Waals surface area contributed by atoms with Crippen molar-refractivity contribution in [3.63, 3.8) is 0 Å². The molecule has 2 aromatic rings. The lowest BCUT2D eigenvalue weighted by Crippen LogP contribution is -1.96. The predicted octanol–water partition coefficient (Wildman–Crippen LogP) is 4.17. The number of hydrogen-bond donors (Lipinski definition) is 1. The van der Waals surface area contributed by atoms with Crippen LogP contribution in [-0.4, -0.2) is 4.92 Å². The Morgan fingerprint density at radius 2 is 2.05 bits per heavy atom. The second-order valence-electron chi connectivity index (χ2n) is 4.19. The van der Waals surface area contributed by atoms with Gasteiger partial charge in [-0.3, -0.25) is 10.1 Å². The standard InChI is InChI=1S/C14H10ClN3O2/c1-9-2-3-11(15)7-13(9)17-12-4-5-14(18(19)20)10(6-12)8-16/h2-7,17H,1H3. The van der Waals surface area contributed by atoms with Gasteiger partial charge in [0.15, 0.2) is 0 Å². The number of nitrogens with zero attached hydrogens (tertiary/aromatic N) is 2. The van der Waals surface area contributed by atoms with Gasteiger partial charge in [0, 0.05) is 22.5 Å². The van der Waals surface area contributed by atoms with Gasteiger partial charge in [-0.1, -0.05) is 17.7 Å². The molecular weight excluding hydrogens is 278 g/mol. The molecule has 0 aromatic heterocycles. The molecule has 0 aliphatic rings. The van der Waals surface area contributed by atoms with E-state index < -0.39 is 4.92 Å². The lowest BCUT2D eigenvalue weighted by molar-refractivity contribution is -0.385. The van der Waals surface area contributed by atoms with E-state index in [2.05, 4.69) is 5.32 Å². The topological polar surface area (TPSA) is 79.0 Å². The van der Waals surface area contributed by atoms with Crippen LogP contribution >= 0.6 is 11.6 Å². The number of hydrogen-bond acceptors (Lipinski definition) is 4. The number of benzene rings is 2. The van der Waals surface area contributed by atoms with Crippen LogP contribution in [0.15, 0.2) is 36.4 Å². The molecule has 0 saturated carbocycles. The Labute approximate surface area is 120 Å². The molecule has 0 radical (unpaired) electrons. The third-order valence-corrected chi connectivity index (χ3v) is 3.03. The molecule has 0 amide bonds. The molecule has 0 fully saturated rings. The summed E-state index contributed by atoms with van der Waals surface area (Å²) in [6.07, 6.45) is 0. The molecule has 0 heterocycles. The van der Waals surface area contributed by atoms with Gasteiger partial charge >= 0.3 is 0 Å². The van der Waals surface area contributed by atoms with Gasteiger partial charge in [-0.25, -0.2) is 0 Å². The summed E-state index contributed by atoms with van der Waals surface area (Å²) in [5, 5.41) is 23.4. The highest BCUT2D eigenvalue weighted by atomic mass is 35.5. The molecule has 2 rings (SSSR count). The number of nitro benzene ring substituents is 1. The van der Waals surface area contributed by atoms with Crippen molar-refractivity contribution < 1.29 is 4.92 Å². The first-order valence-corrected chi connectivity index (χ1v) is 6.11. The van der Waals surface area contributed by atoms with Crippen LogP contribution in [0.5, 0.6) is 0 Å². The number of aryl methyl sites for hydroxylation is 1. The number of rotatable bonds is 3. The average Bonchev–Trinajstić information content (AvgIpc) is 2.42. The van der Waals surface area contributed by atoms with E-state index in [0.29, 0.717) is 10.7 Å². The van der Waals surface area contributed by atoms with Crippen LogP contribution in [0, 0.1) is 28.4 Å². The minimum atomic E-state index is -0.576. The Bertz CT molecular complexity index is 723. The molecule has 0 saturated heterocycles. The van der Waals surface area contributed by atoms with Crippen LogP contribution in [0.1, 0.15) is 11.1 Å². The minimum absolute atomic E-state index is 0.0136.